The molecule has 110 valence electrons. The van der Waals surface area contributed by atoms with E-state index >= 15 is 0 Å². The maximum absolute atomic E-state index is 12.2. The molecule has 2 amide bonds. The van der Waals surface area contributed by atoms with Crippen molar-refractivity contribution in [2.24, 2.45) is 5.41 Å². The van der Waals surface area contributed by atoms with Crippen LogP contribution in [0.2, 0.25) is 0 Å². The molecule has 0 aromatic carbocycles. The molecular weight excluding hydrogens is 264 g/mol. The van der Waals surface area contributed by atoms with E-state index in [4.69, 9.17) is 5.11 Å². The van der Waals surface area contributed by atoms with Gasteiger partial charge in [-0.25, -0.2) is 4.79 Å². The summed E-state index contributed by atoms with van der Waals surface area (Å²) in [6.07, 6.45) is 0.953. The average molecular weight is 288 g/mol. The van der Waals surface area contributed by atoms with Crippen molar-refractivity contribution >= 4 is 23.8 Å². The van der Waals surface area contributed by atoms with Crippen LogP contribution >= 0.6 is 11.8 Å². The van der Waals surface area contributed by atoms with Gasteiger partial charge in [-0.2, -0.15) is 11.8 Å². The van der Waals surface area contributed by atoms with Crippen molar-refractivity contribution in [3.05, 3.63) is 0 Å². The lowest BCUT2D eigenvalue weighted by molar-refractivity contribution is -0.138. The van der Waals surface area contributed by atoms with Gasteiger partial charge in [0, 0.05) is 24.9 Å². The van der Waals surface area contributed by atoms with E-state index in [9.17, 15) is 9.59 Å². The van der Waals surface area contributed by atoms with Gasteiger partial charge in [-0.3, -0.25) is 4.79 Å². The van der Waals surface area contributed by atoms with Crippen molar-refractivity contribution in [3.63, 3.8) is 0 Å². The van der Waals surface area contributed by atoms with Crippen molar-refractivity contribution in [1.29, 1.82) is 0 Å². The summed E-state index contributed by atoms with van der Waals surface area (Å²) < 4.78 is 0. The fraction of sp³-hybridized carbons (Fsp3) is 0.846. The number of urea groups is 1. The molecule has 0 bridgehead atoms. The molecule has 1 atom stereocenters. The lowest BCUT2D eigenvalue weighted by atomic mass is 9.85. The minimum absolute atomic E-state index is 0.0438. The molecule has 1 aliphatic heterocycles. The van der Waals surface area contributed by atoms with Crippen LogP contribution in [0.3, 0.4) is 0 Å². The third kappa shape index (κ3) is 5.72. The van der Waals surface area contributed by atoms with Crippen molar-refractivity contribution in [3.8, 4) is 0 Å². The zero-order valence-electron chi connectivity index (χ0n) is 11.9. The first-order valence-electron chi connectivity index (χ1n) is 6.65. The number of nitrogens with zero attached hydrogens (tertiary/aromatic N) is 1. The molecule has 0 radical (unpaired) electrons. The van der Waals surface area contributed by atoms with E-state index in [1.807, 2.05) is 32.5 Å². The molecule has 0 spiro atoms. The maximum atomic E-state index is 12.2. The molecule has 1 heterocycles. The Balaban J connectivity index is 2.61. The molecule has 19 heavy (non-hydrogen) atoms. The molecule has 1 fully saturated rings. The van der Waals surface area contributed by atoms with Gasteiger partial charge >= 0.3 is 12.0 Å². The van der Waals surface area contributed by atoms with Gasteiger partial charge in [-0.15, -0.1) is 0 Å². The number of nitrogens with one attached hydrogen (secondary N) is 1. The molecule has 1 saturated heterocycles. The van der Waals surface area contributed by atoms with E-state index in [1.165, 1.54) is 0 Å². The number of hydrogen-bond acceptors (Lipinski definition) is 3. The highest BCUT2D eigenvalue weighted by Gasteiger charge is 2.30. The van der Waals surface area contributed by atoms with E-state index in [1.54, 1.807) is 4.90 Å². The van der Waals surface area contributed by atoms with Crippen LogP contribution in [0.5, 0.6) is 0 Å². The fourth-order valence-corrected chi connectivity index (χ4v) is 2.82. The number of carbonyl (C=O) groups excluding carboxylic acids is 1. The van der Waals surface area contributed by atoms with Gasteiger partial charge in [0.1, 0.15) is 0 Å². The Hall–Kier alpha value is -0.910. The van der Waals surface area contributed by atoms with Crippen LogP contribution in [0.25, 0.3) is 0 Å². The van der Waals surface area contributed by atoms with Gasteiger partial charge < -0.3 is 15.3 Å². The normalized spacial score (nSPS) is 18.6. The molecule has 1 rings (SSSR count). The van der Waals surface area contributed by atoms with E-state index < -0.39 is 5.97 Å². The number of amides is 2. The third-order valence-corrected chi connectivity index (χ3v) is 4.28. The molecule has 0 saturated carbocycles. The Morgan fingerprint density at radius 2 is 2.00 bits per heavy atom. The fourth-order valence-electron chi connectivity index (χ4n) is 1.94. The predicted molar refractivity (Wildman–Crippen MR) is 77.5 cm³/mol. The SMILES string of the molecule is CC(C)(C)C(CC(=O)O)NC(=O)N1CCCSCC1. The van der Waals surface area contributed by atoms with Crippen LogP contribution < -0.4 is 5.32 Å². The van der Waals surface area contributed by atoms with E-state index in [0.717, 1.165) is 31.0 Å². The van der Waals surface area contributed by atoms with E-state index in [0.29, 0.717) is 0 Å². The number of carbonyl (C=O) groups is 2. The number of hydrogen-bond donors (Lipinski definition) is 2. The number of carboxylic acids is 1. The summed E-state index contributed by atoms with van der Waals surface area (Å²) in [7, 11) is 0. The molecule has 0 aromatic heterocycles. The molecule has 5 nitrogen and oxygen atoms in total. The van der Waals surface area contributed by atoms with Crippen LogP contribution in [0.15, 0.2) is 0 Å². The summed E-state index contributed by atoms with van der Waals surface area (Å²) in [4.78, 5) is 24.9. The lowest BCUT2D eigenvalue weighted by Gasteiger charge is -2.32. The highest BCUT2D eigenvalue weighted by molar-refractivity contribution is 7.99. The van der Waals surface area contributed by atoms with E-state index in [-0.39, 0.29) is 23.9 Å². The molecule has 1 unspecified atom stereocenters. The Morgan fingerprint density at radius 3 is 2.58 bits per heavy atom. The quantitative estimate of drug-likeness (QED) is 0.833. The molecule has 1 aliphatic rings. The van der Waals surface area contributed by atoms with Gasteiger partial charge in [0.15, 0.2) is 0 Å². The van der Waals surface area contributed by atoms with Crippen LogP contribution in [0.4, 0.5) is 4.79 Å². The van der Waals surface area contributed by atoms with Gasteiger partial charge in [-0.05, 0) is 17.6 Å². The minimum Gasteiger partial charge on any atom is -0.481 e. The summed E-state index contributed by atoms with van der Waals surface area (Å²) in [5.41, 5.74) is -0.269. The number of aliphatic carboxylic acids is 1. The molecule has 6 heteroatoms. The molecule has 2 N–H and O–H groups in total. The molecule has 0 aromatic rings. The van der Waals surface area contributed by atoms with Gasteiger partial charge in [0.05, 0.1) is 6.42 Å². The Morgan fingerprint density at radius 1 is 1.32 bits per heavy atom. The Bertz CT molecular complexity index is 320. The summed E-state index contributed by atoms with van der Waals surface area (Å²) in [5, 5.41) is 11.8. The number of carboxylic acid groups (broad SMARTS) is 1. The second-order valence-corrected chi connectivity index (χ2v) is 7.14. The number of rotatable bonds is 3. The minimum atomic E-state index is -0.883. The first kappa shape index (κ1) is 16.1. The first-order valence-corrected chi connectivity index (χ1v) is 7.81. The highest BCUT2D eigenvalue weighted by atomic mass is 32.2. The van der Waals surface area contributed by atoms with Crippen molar-refractivity contribution < 1.29 is 14.7 Å². The van der Waals surface area contributed by atoms with Crippen molar-refractivity contribution in [2.45, 2.75) is 39.7 Å². The molecule has 0 aliphatic carbocycles. The smallest absolute Gasteiger partial charge is 0.317 e. The van der Waals surface area contributed by atoms with Gasteiger partial charge in [0.25, 0.3) is 0 Å². The Labute approximate surface area is 119 Å². The van der Waals surface area contributed by atoms with Gasteiger partial charge in [0.2, 0.25) is 0 Å². The van der Waals surface area contributed by atoms with Crippen LogP contribution in [-0.4, -0.2) is 52.6 Å². The van der Waals surface area contributed by atoms with E-state index in [2.05, 4.69) is 5.32 Å². The summed E-state index contributed by atoms with van der Waals surface area (Å²) >= 11 is 1.86. The van der Waals surface area contributed by atoms with Crippen LogP contribution in [-0.2, 0) is 4.79 Å². The average Bonchev–Trinajstić information content (AvgIpc) is 2.54. The maximum Gasteiger partial charge on any atom is 0.317 e. The second kappa shape index (κ2) is 7.03. The zero-order valence-corrected chi connectivity index (χ0v) is 12.8. The summed E-state index contributed by atoms with van der Waals surface area (Å²) in [6.45, 7) is 7.32. The van der Waals surface area contributed by atoms with Crippen molar-refractivity contribution in [2.75, 3.05) is 24.6 Å². The van der Waals surface area contributed by atoms with Crippen molar-refractivity contribution in [1.82, 2.24) is 10.2 Å². The number of thioether (sulfide) groups is 1. The second-order valence-electron chi connectivity index (χ2n) is 5.92. The summed E-state index contributed by atoms with van der Waals surface area (Å²) in [6, 6.07) is -0.489. The lowest BCUT2D eigenvalue weighted by Crippen LogP contribution is -2.50. The van der Waals surface area contributed by atoms with Gasteiger partial charge in [-0.1, -0.05) is 20.8 Å². The zero-order chi connectivity index (χ0) is 14.5. The molecular formula is C13H24N2O3S. The van der Waals surface area contributed by atoms with Crippen LogP contribution in [0.1, 0.15) is 33.6 Å². The Kier molecular flexibility index (Phi) is 5.97. The summed E-state index contributed by atoms with van der Waals surface area (Å²) in [5.74, 6) is 1.15. The highest BCUT2D eigenvalue weighted by Crippen LogP contribution is 2.22. The standard InChI is InChI=1S/C13H24N2O3S/c1-13(2,3)10(9-11(16)17)14-12(18)15-5-4-7-19-8-6-15/h10H,4-9H2,1-3H3,(H,14,18)(H,16,17). The first-order chi connectivity index (χ1) is 8.80. The topological polar surface area (TPSA) is 69.6 Å². The monoisotopic (exact) mass is 288 g/mol. The van der Waals surface area contributed by atoms with Crippen LogP contribution in [0, 0.1) is 5.41 Å². The predicted octanol–water partition coefficient (Wildman–Crippen LogP) is 2.02. The largest absolute Gasteiger partial charge is 0.481 e. The third-order valence-electron chi connectivity index (χ3n) is 3.23.